The quantitative estimate of drug-likeness (QED) is 0.675. The number of amides is 1. The van der Waals surface area contributed by atoms with E-state index in [4.69, 9.17) is 5.11 Å². The first-order valence-electron chi connectivity index (χ1n) is 7.39. The highest BCUT2D eigenvalue weighted by Crippen LogP contribution is 2.29. The summed E-state index contributed by atoms with van der Waals surface area (Å²) in [5, 5.41) is 11.7. The Hall–Kier alpha value is -2.65. The molecule has 1 amide bonds. The van der Waals surface area contributed by atoms with E-state index < -0.39 is 35.0 Å². The fourth-order valence-corrected chi connectivity index (χ4v) is 3.61. The lowest BCUT2D eigenvalue weighted by Gasteiger charge is -2.17. The summed E-state index contributed by atoms with van der Waals surface area (Å²) in [6, 6.07) is 10.3. The highest BCUT2D eigenvalue weighted by atomic mass is 32.2. The fourth-order valence-electron chi connectivity index (χ4n) is 2.38. The smallest absolute Gasteiger partial charge is 0.405 e. The molecule has 2 aromatic carbocycles. The maximum atomic E-state index is 12.6. The number of carbonyl (C=O) groups excluding carboxylic acids is 1. The number of fused-ring (bicyclic) bond motifs is 1. The Morgan fingerprint density at radius 1 is 1.04 bits per heavy atom. The highest BCUT2D eigenvalue weighted by molar-refractivity contribution is 7.89. The lowest BCUT2D eigenvalue weighted by atomic mass is 10.1. The van der Waals surface area contributed by atoms with Crippen LogP contribution in [0.15, 0.2) is 41.3 Å². The monoisotopic (exact) mass is 365 g/mol. The SMILES string of the molecule is CN(C)c1cccc2c(S(=O)(=O)NCC(=O)CNC(=O)O)cccc12. The summed E-state index contributed by atoms with van der Waals surface area (Å²) in [6.45, 7) is -0.954. The van der Waals surface area contributed by atoms with E-state index in [1.807, 2.05) is 36.4 Å². The van der Waals surface area contributed by atoms with Crippen molar-refractivity contribution in [2.24, 2.45) is 0 Å². The van der Waals surface area contributed by atoms with E-state index in [1.54, 1.807) is 18.2 Å². The first kappa shape index (κ1) is 18.7. The molecule has 0 aliphatic carbocycles. The molecule has 0 radical (unpaired) electrons. The third-order valence-electron chi connectivity index (χ3n) is 3.53. The predicted molar refractivity (Wildman–Crippen MR) is 94.5 cm³/mol. The van der Waals surface area contributed by atoms with Gasteiger partial charge in [-0.05, 0) is 12.1 Å². The zero-order valence-electron chi connectivity index (χ0n) is 13.8. The summed E-state index contributed by atoms with van der Waals surface area (Å²) in [5.74, 6) is -0.583. The van der Waals surface area contributed by atoms with E-state index >= 15 is 0 Å². The van der Waals surface area contributed by atoms with Gasteiger partial charge in [-0.15, -0.1) is 0 Å². The van der Waals surface area contributed by atoms with Gasteiger partial charge in [-0.3, -0.25) is 4.79 Å². The number of anilines is 1. The molecule has 2 rings (SSSR count). The maximum Gasteiger partial charge on any atom is 0.405 e. The summed E-state index contributed by atoms with van der Waals surface area (Å²) in [6.07, 6.45) is -1.35. The number of carbonyl (C=O) groups is 2. The van der Waals surface area contributed by atoms with Crippen LogP contribution < -0.4 is 14.9 Å². The van der Waals surface area contributed by atoms with Crippen molar-refractivity contribution in [1.82, 2.24) is 10.0 Å². The van der Waals surface area contributed by atoms with Gasteiger partial charge in [0.05, 0.1) is 18.0 Å². The maximum absolute atomic E-state index is 12.6. The molecule has 0 saturated heterocycles. The molecule has 0 atom stereocenters. The van der Waals surface area contributed by atoms with E-state index in [2.05, 4.69) is 4.72 Å². The van der Waals surface area contributed by atoms with Crippen LogP contribution in [0.1, 0.15) is 0 Å². The number of nitrogens with one attached hydrogen (secondary N) is 2. The van der Waals surface area contributed by atoms with Crippen LogP contribution in [0.5, 0.6) is 0 Å². The first-order valence-corrected chi connectivity index (χ1v) is 8.88. The molecule has 0 aliphatic rings. The van der Waals surface area contributed by atoms with Crippen molar-refractivity contribution in [2.75, 3.05) is 32.1 Å². The minimum Gasteiger partial charge on any atom is -0.465 e. The Balaban J connectivity index is 2.29. The Bertz CT molecular complexity index is 909. The number of sulfonamides is 1. The second-order valence-corrected chi connectivity index (χ2v) is 7.28. The van der Waals surface area contributed by atoms with Crippen LogP contribution in [0.4, 0.5) is 10.5 Å². The van der Waals surface area contributed by atoms with Gasteiger partial charge in [-0.2, -0.15) is 0 Å². The number of hydrogen-bond donors (Lipinski definition) is 3. The molecule has 0 heterocycles. The Kier molecular flexibility index (Phi) is 5.60. The lowest BCUT2D eigenvalue weighted by molar-refractivity contribution is -0.117. The van der Waals surface area contributed by atoms with Gasteiger partial charge in [0.2, 0.25) is 10.0 Å². The molecule has 0 unspecified atom stereocenters. The minimum absolute atomic E-state index is 0.0627. The number of carboxylic acid groups (broad SMARTS) is 1. The van der Waals surface area contributed by atoms with Crippen molar-refractivity contribution in [3.8, 4) is 0 Å². The molecule has 9 heteroatoms. The van der Waals surface area contributed by atoms with Crippen LogP contribution >= 0.6 is 0 Å². The van der Waals surface area contributed by atoms with Crippen LogP contribution in [0.2, 0.25) is 0 Å². The molecule has 3 N–H and O–H groups in total. The molecule has 0 bridgehead atoms. The molecule has 0 fully saturated rings. The summed E-state index contributed by atoms with van der Waals surface area (Å²) in [7, 11) is -0.201. The van der Waals surface area contributed by atoms with Crippen molar-refractivity contribution < 1.29 is 23.1 Å². The second kappa shape index (κ2) is 7.49. The zero-order chi connectivity index (χ0) is 18.6. The number of rotatable bonds is 7. The molecular weight excluding hydrogens is 346 g/mol. The van der Waals surface area contributed by atoms with Gasteiger partial charge < -0.3 is 15.3 Å². The van der Waals surface area contributed by atoms with Crippen molar-refractivity contribution in [3.63, 3.8) is 0 Å². The van der Waals surface area contributed by atoms with Crippen LogP contribution in [0.3, 0.4) is 0 Å². The highest BCUT2D eigenvalue weighted by Gasteiger charge is 2.19. The molecule has 0 saturated carbocycles. The van der Waals surface area contributed by atoms with Gasteiger partial charge in [-0.25, -0.2) is 17.9 Å². The van der Waals surface area contributed by atoms with E-state index in [-0.39, 0.29) is 4.90 Å². The topological polar surface area (TPSA) is 116 Å². The van der Waals surface area contributed by atoms with Crippen LogP contribution in [0, 0.1) is 0 Å². The number of hydrogen-bond acceptors (Lipinski definition) is 5. The van der Waals surface area contributed by atoms with Gasteiger partial charge in [0.1, 0.15) is 0 Å². The Labute approximate surface area is 145 Å². The predicted octanol–water partition coefficient (Wildman–Crippen LogP) is 1.02. The second-order valence-electron chi connectivity index (χ2n) is 5.54. The molecule has 0 spiro atoms. The Morgan fingerprint density at radius 2 is 1.68 bits per heavy atom. The van der Waals surface area contributed by atoms with Gasteiger partial charge in [-0.1, -0.05) is 24.3 Å². The third kappa shape index (κ3) is 4.46. The van der Waals surface area contributed by atoms with E-state index in [9.17, 15) is 18.0 Å². The molecule has 0 aliphatic heterocycles. The normalized spacial score (nSPS) is 11.3. The molecule has 8 nitrogen and oxygen atoms in total. The number of ketones is 1. The van der Waals surface area contributed by atoms with Gasteiger partial charge >= 0.3 is 6.09 Å². The summed E-state index contributed by atoms with van der Waals surface area (Å²) in [4.78, 5) is 23.9. The van der Waals surface area contributed by atoms with E-state index in [1.165, 1.54) is 6.07 Å². The lowest BCUT2D eigenvalue weighted by Crippen LogP contribution is -2.36. The van der Waals surface area contributed by atoms with Crippen LogP contribution in [-0.2, 0) is 14.8 Å². The van der Waals surface area contributed by atoms with Crippen LogP contribution in [-0.4, -0.2) is 52.6 Å². The summed E-state index contributed by atoms with van der Waals surface area (Å²) in [5.41, 5.74) is 0.872. The summed E-state index contributed by atoms with van der Waals surface area (Å²) >= 11 is 0. The molecule has 2 aromatic rings. The van der Waals surface area contributed by atoms with Crippen molar-refractivity contribution in [1.29, 1.82) is 0 Å². The minimum atomic E-state index is -3.93. The number of nitrogens with zero attached hydrogens (tertiary/aromatic N) is 1. The van der Waals surface area contributed by atoms with Crippen molar-refractivity contribution in [3.05, 3.63) is 36.4 Å². The Morgan fingerprint density at radius 3 is 2.32 bits per heavy atom. The average Bonchev–Trinajstić information content (AvgIpc) is 2.56. The van der Waals surface area contributed by atoms with Crippen molar-refractivity contribution in [2.45, 2.75) is 4.90 Å². The van der Waals surface area contributed by atoms with Gasteiger partial charge in [0.25, 0.3) is 0 Å². The van der Waals surface area contributed by atoms with Crippen molar-refractivity contribution >= 4 is 38.4 Å². The molecular formula is C16H19N3O5S. The molecule has 25 heavy (non-hydrogen) atoms. The summed E-state index contributed by atoms with van der Waals surface area (Å²) < 4.78 is 27.3. The van der Waals surface area contributed by atoms with E-state index in [0.29, 0.717) is 5.39 Å². The van der Waals surface area contributed by atoms with Gasteiger partial charge in [0, 0.05) is 30.6 Å². The standard InChI is InChI=1S/C16H19N3O5S/c1-19(2)14-7-3-6-13-12(14)5-4-8-15(13)25(23,24)18-10-11(20)9-17-16(21)22/h3-8,17-18H,9-10H2,1-2H3,(H,21,22). The number of benzene rings is 2. The molecule has 0 aromatic heterocycles. The van der Waals surface area contributed by atoms with E-state index in [0.717, 1.165) is 11.1 Å². The zero-order valence-corrected chi connectivity index (χ0v) is 14.6. The largest absolute Gasteiger partial charge is 0.465 e. The number of Topliss-reactive ketones (excluding diaryl/α,β-unsaturated/α-hetero) is 1. The molecule has 134 valence electrons. The fraction of sp³-hybridized carbons (Fsp3) is 0.250. The van der Waals surface area contributed by atoms with Gasteiger partial charge in [0.15, 0.2) is 5.78 Å². The first-order chi connectivity index (χ1) is 11.7. The third-order valence-corrected chi connectivity index (χ3v) is 4.99. The average molecular weight is 365 g/mol. The van der Waals surface area contributed by atoms with Crippen LogP contribution in [0.25, 0.3) is 10.8 Å².